The topological polar surface area (TPSA) is 49.2 Å². The molecule has 0 spiro atoms. The lowest BCUT2D eigenvalue weighted by Crippen LogP contribution is -2.37. The summed E-state index contributed by atoms with van der Waals surface area (Å²) in [5, 5.41) is 10.2. The lowest BCUT2D eigenvalue weighted by molar-refractivity contribution is 0.0236. The first-order valence-corrected chi connectivity index (χ1v) is 11.2. The van der Waals surface area contributed by atoms with Crippen molar-refractivity contribution in [3.63, 3.8) is 0 Å². The molecule has 0 radical (unpaired) electrons. The van der Waals surface area contributed by atoms with E-state index in [4.69, 9.17) is 15.0 Å². The van der Waals surface area contributed by atoms with Crippen molar-refractivity contribution in [3.05, 3.63) is 95.9 Å². The van der Waals surface area contributed by atoms with Crippen LogP contribution in [0.2, 0.25) is 0 Å². The van der Waals surface area contributed by atoms with E-state index >= 15 is 0 Å². The van der Waals surface area contributed by atoms with Crippen LogP contribution in [0.25, 0.3) is 22.0 Å². The number of ether oxygens (including phenoxy) is 1. The highest BCUT2D eigenvalue weighted by molar-refractivity contribution is 5.80. The number of nitriles is 1. The van der Waals surface area contributed by atoms with Crippen molar-refractivity contribution < 1.29 is 9.13 Å². The number of para-hydroxylation sites is 1. The zero-order valence-corrected chi connectivity index (χ0v) is 18.2. The van der Waals surface area contributed by atoms with Gasteiger partial charge in [0.15, 0.2) is 0 Å². The van der Waals surface area contributed by atoms with Crippen molar-refractivity contribution in [2.45, 2.75) is 25.6 Å². The van der Waals surface area contributed by atoms with Crippen molar-refractivity contribution in [2.24, 2.45) is 0 Å². The smallest absolute Gasteiger partial charge is 0.133 e. The normalized spacial score (nSPS) is 14.4. The monoisotopic (exact) mass is 437 g/mol. The number of anilines is 1. The van der Waals surface area contributed by atoms with Gasteiger partial charge >= 0.3 is 0 Å². The van der Waals surface area contributed by atoms with E-state index in [1.54, 1.807) is 18.2 Å². The Kier molecular flexibility index (Phi) is 6.01. The average molecular weight is 438 g/mol. The molecule has 164 valence electrons. The highest BCUT2D eigenvalue weighted by Crippen LogP contribution is 2.35. The number of piperidine rings is 1. The molecule has 1 aromatic heterocycles. The maximum Gasteiger partial charge on any atom is 0.133 e. The van der Waals surface area contributed by atoms with Crippen LogP contribution in [0.1, 0.15) is 24.1 Å². The lowest BCUT2D eigenvalue weighted by atomic mass is 9.99. The molecule has 0 amide bonds. The molecule has 1 aliphatic rings. The van der Waals surface area contributed by atoms with Gasteiger partial charge in [-0.3, -0.25) is 4.98 Å². The fourth-order valence-electron chi connectivity index (χ4n) is 4.43. The number of benzene rings is 3. The number of hydrogen-bond acceptors (Lipinski definition) is 4. The van der Waals surface area contributed by atoms with Gasteiger partial charge < -0.3 is 9.64 Å². The van der Waals surface area contributed by atoms with Crippen LogP contribution in [0.3, 0.4) is 0 Å². The number of hydrogen-bond donors (Lipinski definition) is 0. The molecule has 5 heteroatoms. The van der Waals surface area contributed by atoms with Crippen molar-refractivity contribution in [1.82, 2.24) is 4.98 Å². The van der Waals surface area contributed by atoms with E-state index in [-0.39, 0.29) is 11.9 Å². The van der Waals surface area contributed by atoms with Crippen LogP contribution < -0.4 is 4.90 Å². The first-order valence-electron chi connectivity index (χ1n) is 11.2. The second kappa shape index (κ2) is 9.40. The summed E-state index contributed by atoms with van der Waals surface area (Å²) < 4.78 is 21.0. The summed E-state index contributed by atoms with van der Waals surface area (Å²) in [7, 11) is 0. The van der Waals surface area contributed by atoms with E-state index < -0.39 is 0 Å². The van der Waals surface area contributed by atoms with Gasteiger partial charge in [0, 0.05) is 29.7 Å². The Balaban J connectivity index is 1.25. The van der Waals surface area contributed by atoms with Crippen molar-refractivity contribution in [2.75, 3.05) is 18.0 Å². The van der Waals surface area contributed by atoms with Crippen molar-refractivity contribution in [1.29, 1.82) is 5.26 Å². The van der Waals surface area contributed by atoms with Gasteiger partial charge in [-0.1, -0.05) is 42.5 Å². The molecule has 0 saturated carbocycles. The van der Waals surface area contributed by atoms with Crippen LogP contribution in [0.4, 0.5) is 10.1 Å². The van der Waals surface area contributed by atoms with E-state index in [0.29, 0.717) is 17.7 Å². The summed E-state index contributed by atoms with van der Waals surface area (Å²) in [6.45, 7) is 2.08. The summed E-state index contributed by atoms with van der Waals surface area (Å²) >= 11 is 0. The van der Waals surface area contributed by atoms with Crippen LogP contribution in [-0.4, -0.2) is 24.2 Å². The summed E-state index contributed by atoms with van der Waals surface area (Å²) in [4.78, 5) is 6.92. The summed E-state index contributed by atoms with van der Waals surface area (Å²) in [5.41, 5.74) is 4.73. The first kappa shape index (κ1) is 21.1. The van der Waals surface area contributed by atoms with Crippen LogP contribution in [0.5, 0.6) is 0 Å². The predicted molar refractivity (Wildman–Crippen MR) is 128 cm³/mol. The van der Waals surface area contributed by atoms with Crippen molar-refractivity contribution >= 4 is 16.6 Å². The fraction of sp³-hybridized carbons (Fsp3) is 0.214. The van der Waals surface area contributed by atoms with Gasteiger partial charge in [0.25, 0.3) is 0 Å². The maximum atomic E-state index is 14.8. The molecule has 0 unspecified atom stereocenters. The van der Waals surface area contributed by atoms with Crippen molar-refractivity contribution in [3.8, 4) is 17.2 Å². The Morgan fingerprint density at radius 1 is 0.939 bits per heavy atom. The molecule has 5 rings (SSSR count). The maximum absolute atomic E-state index is 14.8. The Morgan fingerprint density at radius 2 is 1.73 bits per heavy atom. The van der Waals surface area contributed by atoms with Crippen LogP contribution in [0, 0.1) is 17.1 Å². The Hall–Kier alpha value is -3.75. The van der Waals surface area contributed by atoms with Crippen LogP contribution >= 0.6 is 0 Å². The van der Waals surface area contributed by atoms with Gasteiger partial charge in [0.1, 0.15) is 5.82 Å². The van der Waals surface area contributed by atoms with Gasteiger partial charge in [-0.2, -0.15) is 5.26 Å². The van der Waals surface area contributed by atoms with E-state index in [1.807, 2.05) is 42.5 Å². The van der Waals surface area contributed by atoms with Gasteiger partial charge in [-0.15, -0.1) is 0 Å². The summed E-state index contributed by atoms with van der Waals surface area (Å²) in [5.74, 6) is -0.252. The highest BCUT2D eigenvalue weighted by atomic mass is 19.1. The van der Waals surface area contributed by atoms with E-state index in [2.05, 4.69) is 23.1 Å². The molecule has 33 heavy (non-hydrogen) atoms. The summed E-state index contributed by atoms with van der Waals surface area (Å²) in [6.07, 6.45) is 1.90. The average Bonchev–Trinajstić information content (AvgIpc) is 2.87. The second-order valence-corrected chi connectivity index (χ2v) is 8.32. The minimum Gasteiger partial charge on any atom is -0.372 e. The molecular formula is C28H24FN3O. The molecule has 3 aromatic carbocycles. The minimum atomic E-state index is -0.252. The molecular weight excluding hydrogens is 413 g/mol. The second-order valence-electron chi connectivity index (χ2n) is 8.32. The third-order valence-corrected chi connectivity index (χ3v) is 6.20. The number of halogens is 1. The SMILES string of the molecule is N#Cc1ccc(-c2c(F)cccc2N2CCC(OCc3ccc4ccccc4n3)CC2)cc1. The third-order valence-electron chi connectivity index (χ3n) is 6.20. The number of fused-ring (bicyclic) bond motifs is 1. The molecule has 0 atom stereocenters. The van der Waals surface area contributed by atoms with Crippen LogP contribution in [0.15, 0.2) is 78.9 Å². The zero-order chi connectivity index (χ0) is 22.6. The fourth-order valence-corrected chi connectivity index (χ4v) is 4.43. The van der Waals surface area contributed by atoms with Gasteiger partial charge in [-0.05, 0) is 54.8 Å². The quantitative estimate of drug-likeness (QED) is 0.379. The van der Waals surface area contributed by atoms with E-state index in [0.717, 1.165) is 53.8 Å². The number of aromatic nitrogens is 1. The number of rotatable bonds is 5. The molecule has 0 bridgehead atoms. The molecule has 0 N–H and O–H groups in total. The molecule has 4 aromatic rings. The standard InChI is InChI=1S/C28H24FN3O/c29-25-5-3-7-27(28(25)22-10-8-20(18-30)9-11-22)32-16-14-24(15-17-32)33-19-23-13-12-21-4-1-2-6-26(21)31-23/h1-13,24H,14-17,19H2. The molecule has 1 saturated heterocycles. The molecule has 0 aliphatic carbocycles. The third kappa shape index (κ3) is 4.57. The number of pyridine rings is 1. The predicted octanol–water partition coefficient (Wildman–Crippen LogP) is 6.10. The van der Waals surface area contributed by atoms with Crippen LogP contribution in [-0.2, 0) is 11.3 Å². The molecule has 4 nitrogen and oxygen atoms in total. The Morgan fingerprint density at radius 3 is 2.52 bits per heavy atom. The number of nitrogens with zero attached hydrogens (tertiary/aromatic N) is 3. The van der Waals surface area contributed by atoms with Gasteiger partial charge in [0.05, 0.1) is 35.6 Å². The lowest BCUT2D eigenvalue weighted by Gasteiger charge is -2.34. The first-order chi connectivity index (χ1) is 16.2. The van der Waals surface area contributed by atoms with E-state index in [9.17, 15) is 4.39 Å². The highest BCUT2D eigenvalue weighted by Gasteiger charge is 2.23. The zero-order valence-electron chi connectivity index (χ0n) is 18.2. The largest absolute Gasteiger partial charge is 0.372 e. The Bertz CT molecular complexity index is 1310. The van der Waals surface area contributed by atoms with Gasteiger partial charge in [0.2, 0.25) is 0 Å². The van der Waals surface area contributed by atoms with E-state index in [1.165, 1.54) is 6.07 Å². The minimum absolute atomic E-state index is 0.154. The molecule has 2 heterocycles. The Labute approximate surface area is 192 Å². The summed E-state index contributed by atoms with van der Waals surface area (Å²) in [6, 6.07) is 26.6. The molecule has 1 fully saturated rings. The van der Waals surface area contributed by atoms with Gasteiger partial charge in [-0.25, -0.2) is 4.39 Å². The molecule has 1 aliphatic heterocycles.